The maximum atomic E-state index is 12.0. The molecule has 0 fully saturated rings. The minimum Gasteiger partial charge on any atom is -0.507 e. The quantitative estimate of drug-likeness (QED) is 0.459. The number of aromatic hydroxyl groups is 1. The molecule has 1 amide bonds. The number of aryl methyl sites for hydroxylation is 1. The fourth-order valence-electron chi connectivity index (χ4n) is 1.83. The third kappa shape index (κ3) is 3.39. The van der Waals surface area contributed by atoms with Crippen molar-refractivity contribution < 1.29 is 9.90 Å². The van der Waals surface area contributed by atoms with E-state index in [-0.39, 0.29) is 11.3 Å². The van der Waals surface area contributed by atoms with E-state index >= 15 is 0 Å². The van der Waals surface area contributed by atoms with Crippen LogP contribution < -0.4 is 11.2 Å². The van der Waals surface area contributed by atoms with Gasteiger partial charge in [0.1, 0.15) is 5.75 Å². The van der Waals surface area contributed by atoms with Crippen molar-refractivity contribution in [2.24, 2.45) is 5.10 Å². The predicted octanol–water partition coefficient (Wildman–Crippen LogP) is 2.44. The molecule has 5 heteroatoms. The number of phenolic OH excluding ortho intramolecular Hbond substituents is 1. The normalized spacial score (nSPS) is 11.2. The van der Waals surface area contributed by atoms with Gasteiger partial charge in [-0.25, -0.2) is 5.43 Å². The standard InChI is InChI=1S/C16H17N3O2/c1-10-4-3-5-14(15(10)20)16(21)19-18-11(2)12-6-8-13(17)9-7-12/h3-9,20H,17H2,1-2H3,(H,19,21)/b18-11-. The van der Waals surface area contributed by atoms with Crippen LogP contribution in [0.5, 0.6) is 5.75 Å². The van der Waals surface area contributed by atoms with Gasteiger partial charge in [0.05, 0.1) is 11.3 Å². The number of nitrogen functional groups attached to an aromatic ring is 1. The highest BCUT2D eigenvalue weighted by Gasteiger charge is 2.11. The highest BCUT2D eigenvalue weighted by atomic mass is 16.3. The van der Waals surface area contributed by atoms with Gasteiger partial charge < -0.3 is 10.8 Å². The summed E-state index contributed by atoms with van der Waals surface area (Å²) >= 11 is 0. The third-order valence-corrected chi connectivity index (χ3v) is 3.14. The number of nitrogens with two attached hydrogens (primary N) is 1. The summed E-state index contributed by atoms with van der Waals surface area (Å²) < 4.78 is 0. The SMILES string of the molecule is C/C(=N/NC(=O)c1cccc(C)c1O)c1ccc(N)cc1. The van der Waals surface area contributed by atoms with Crippen LogP contribution in [0.4, 0.5) is 5.69 Å². The largest absolute Gasteiger partial charge is 0.507 e. The van der Waals surface area contributed by atoms with Gasteiger partial charge in [-0.2, -0.15) is 5.10 Å². The molecular weight excluding hydrogens is 266 g/mol. The van der Waals surface area contributed by atoms with Gasteiger partial charge in [0.2, 0.25) is 0 Å². The molecule has 0 unspecified atom stereocenters. The van der Waals surface area contributed by atoms with Gasteiger partial charge in [0.15, 0.2) is 0 Å². The van der Waals surface area contributed by atoms with Crippen LogP contribution in [0, 0.1) is 6.92 Å². The Morgan fingerprint density at radius 2 is 1.86 bits per heavy atom. The number of hydrogen-bond acceptors (Lipinski definition) is 4. The number of carbonyl (C=O) groups excluding carboxylic acids is 1. The van der Waals surface area contributed by atoms with E-state index in [1.165, 1.54) is 0 Å². The molecule has 0 bridgehead atoms. The number of para-hydroxylation sites is 1. The summed E-state index contributed by atoms with van der Waals surface area (Å²) in [6, 6.07) is 12.2. The van der Waals surface area contributed by atoms with Crippen LogP contribution in [0.2, 0.25) is 0 Å². The van der Waals surface area contributed by atoms with Crippen LogP contribution in [0.25, 0.3) is 0 Å². The zero-order valence-corrected chi connectivity index (χ0v) is 11.9. The van der Waals surface area contributed by atoms with Gasteiger partial charge >= 0.3 is 0 Å². The first-order valence-corrected chi connectivity index (χ1v) is 6.48. The Labute approximate surface area is 123 Å². The number of carbonyl (C=O) groups is 1. The number of benzene rings is 2. The van der Waals surface area contributed by atoms with E-state index in [0.717, 1.165) is 5.56 Å². The Bertz CT molecular complexity index is 691. The van der Waals surface area contributed by atoms with Crippen LogP contribution in [0.3, 0.4) is 0 Å². The van der Waals surface area contributed by atoms with Crippen LogP contribution >= 0.6 is 0 Å². The lowest BCUT2D eigenvalue weighted by atomic mass is 10.1. The summed E-state index contributed by atoms with van der Waals surface area (Å²) in [6.45, 7) is 3.51. The minimum absolute atomic E-state index is 0.0321. The van der Waals surface area contributed by atoms with Crippen molar-refractivity contribution in [1.29, 1.82) is 0 Å². The predicted molar refractivity (Wildman–Crippen MR) is 83.4 cm³/mol. The van der Waals surface area contributed by atoms with Crippen molar-refractivity contribution in [3.8, 4) is 5.75 Å². The van der Waals surface area contributed by atoms with E-state index < -0.39 is 5.91 Å². The number of nitrogens with zero attached hydrogens (tertiary/aromatic N) is 1. The molecular formula is C16H17N3O2. The van der Waals surface area contributed by atoms with Gasteiger partial charge in [-0.15, -0.1) is 0 Å². The molecule has 2 aromatic carbocycles. The fraction of sp³-hybridized carbons (Fsp3) is 0.125. The van der Waals surface area contributed by atoms with Gasteiger partial charge in [0, 0.05) is 5.69 Å². The second-order valence-electron chi connectivity index (χ2n) is 4.73. The van der Waals surface area contributed by atoms with Crippen molar-refractivity contribution in [2.45, 2.75) is 13.8 Å². The van der Waals surface area contributed by atoms with Gasteiger partial charge in [-0.3, -0.25) is 4.79 Å². The molecule has 5 nitrogen and oxygen atoms in total. The lowest BCUT2D eigenvalue weighted by Gasteiger charge is -2.06. The van der Waals surface area contributed by atoms with Crippen molar-refractivity contribution >= 4 is 17.3 Å². The summed E-state index contributed by atoms with van der Waals surface area (Å²) in [7, 11) is 0. The summed E-state index contributed by atoms with van der Waals surface area (Å²) in [4.78, 5) is 12.0. The Morgan fingerprint density at radius 3 is 2.52 bits per heavy atom. The topological polar surface area (TPSA) is 87.7 Å². The molecule has 0 atom stereocenters. The summed E-state index contributed by atoms with van der Waals surface area (Å²) in [5.41, 5.74) is 11.1. The van der Waals surface area contributed by atoms with E-state index in [9.17, 15) is 9.90 Å². The maximum Gasteiger partial charge on any atom is 0.275 e. The average molecular weight is 283 g/mol. The van der Waals surface area contributed by atoms with Gasteiger partial charge in [-0.05, 0) is 43.2 Å². The Balaban J connectivity index is 2.14. The minimum atomic E-state index is -0.453. The molecule has 4 N–H and O–H groups in total. The first-order valence-electron chi connectivity index (χ1n) is 6.48. The number of hydrogen-bond donors (Lipinski definition) is 3. The van der Waals surface area contributed by atoms with Crippen LogP contribution in [0.1, 0.15) is 28.4 Å². The number of anilines is 1. The van der Waals surface area contributed by atoms with Gasteiger partial charge in [-0.1, -0.05) is 24.3 Å². The number of nitrogens with one attached hydrogen (secondary N) is 1. The molecule has 0 radical (unpaired) electrons. The average Bonchev–Trinajstić information content (AvgIpc) is 2.48. The van der Waals surface area contributed by atoms with Gasteiger partial charge in [0.25, 0.3) is 5.91 Å². The smallest absolute Gasteiger partial charge is 0.275 e. The van der Waals surface area contributed by atoms with E-state index in [1.807, 2.05) is 12.1 Å². The lowest BCUT2D eigenvalue weighted by Crippen LogP contribution is -2.19. The second kappa shape index (κ2) is 6.09. The maximum absolute atomic E-state index is 12.0. The van der Waals surface area contributed by atoms with E-state index in [2.05, 4.69) is 10.5 Å². The Kier molecular flexibility index (Phi) is 4.23. The molecule has 0 saturated heterocycles. The first kappa shape index (κ1) is 14.6. The van der Waals surface area contributed by atoms with Crippen LogP contribution in [0.15, 0.2) is 47.6 Å². The summed E-state index contributed by atoms with van der Waals surface area (Å²) in [5, 5.41) is 13.9. The monoisotopic (exact) mass is 283 g/mol. The van der Waals surface area contributed by atoms with Crippen molar-refractivity contribution in [1.82, 2.24) is 5.43 Å². The summed E-state index contributed by atoms with van der Waals surface area (Å²) in [5.74, 6) is -0.485. The lowest BCUT2D eigenvalue weighted by molar-refractivity contribution is 0.0952. The highest BCUT2D eigenvalue weighted by molar-refractivity contribution is 6.01. The zero-order chi connectivity index (χ0) is 15.4. The van der Waals surface area contributed by atoms with E-state index in [1.54, 1.807) is 44.2 Å². The van der Waals surface area contributed by atoms with Crippen molar-refractivity contribution in [3.63, 3.8) is 0 Å². The second-order valence-corrected chi connectivity index (χ2v) is 4.73. The molecule has 108 valence electrons. The molecule has 0 aliphatic heterocycles. The molecule has 0 heterocycles. The Morgan fingerprint density at radius 1 is 1.19 bits per heavy atom. The molecule has 2 rings (SSSR count). The molecule has 0 aliphatic carbocycles. The van der Waals surface area contributed by atoms with E-state index in [0.29, 0.717) is 17.0 Å². The number of amides is 1. The summed E-state index contributed by atoms with van der Waals surface area (Å²) in [6.07, 6.45) is 0. The van der Waals surface area contributed by atoms with Crippen molar-refractivity contribution in [2.75, 3.05) is 5.73 Å². The molecule has 0 aliphatic rings. The number of phenols is 1. The van der Waals surface area contributed by atoms with Crippen molar-refractivity contribution in [3.05, 3.63) is 59.2 Å². The third-order valence-electron chi connectivity index (χ3n) is 3.14. The molecule has 0 saturated carbocycles. The molecule has 2 aromatic rings. The number of hydrazone groups is 1. The first-order chi connectivity index (χ1) is 9.99. The van der Waals surface area contributed by atoms with E-state index in [4.69, 9.17) is 5.73 Å². The Hall–Kier alpha value is -2.82. The fourth-order valence-corrected chi connectivity index (χ4v) is 1.83. The zero-order valence-electron chi connectivity index (χ0n) is 11.9. The molecule has 0 aromatic heterocycles. The highest BCUT2D eigenvalue weighted by Crippen LogP contribution is 2.21. The van der Waals surface area contributed by atoms with Crippen LogP contribution in [-0.2, 0) is 0 Å². The number of rotatable bonds is 3. The van der Waals surface area contributed by atoms with Crippen LogP contribution in [-0.4, -0.2) is 16.7 Å². The molecule has 0 spiro atoms. The molecule has 21 heavy (non-hydrogen) atoms.